The Hall–Kier alpha value is -0.133. The number of rotatable bonds is 8. The molecule has 24 heavy (non-hydrogen) atoms. The van der Waals surface area contributed by atoms with Crippen molar-refractivity contribution in [2.24, 2.45) is 5.92 Å². The van der Waals surface area contributed by atoms with Crippen molar-refractivity contribution in [1.82, 2.24) is 0 Å². The van der Waals surface area contributed by atoms with Gasteiger partial charge in [0.15, 0.2) is 0 Å². The maximum Gasteiger partial charge on any atom is 0.341 e. The minimum absolute atomic E-state index is 0.331. The zero-order valence-corrected chi connectivity index (χ0v) is 17.7. The molecule has 7 heteroatoms. The summed E-state index contributed by atoms with van der Waals surface area (Å²) < 4.78 is 17.9. The summed E-state index contributed by atoms with van der Waals surface area (Å²) in [6, 6.07) is 3.88. The normalized spacial score (nSPS) is 21.8. The number of fused-ring (bicyclic) bond motifs is 1. The van der Waals surface area contributed by atoms with Crippen LogP contribution in [-0.2, 0) is 11.3 Å². The van der Waals surface area contributed by atoms with Gasteiger partial charge < -0.3 is 14.2 Å². The van der Waals surface area contributed by atoms with Gasteiger partial charge in [0.2, 0.25) is 5.79 Å². The Morgan fingerprint density at radius 2 is 2.08 bits per heavy atom. The molecule has 2 unspecified atom stereocenters. The third-order valence-corrected chi connectivity index (χ3v) is 6.97. The van der Waals surface area contributed by atoms with Crippen molar-refractivity contribution < 1.29 is 14.2 Å². The first-order valence-corrected chi connectivity index (χ1v) is 13.6. The predicted molar refractivity (Wildman–Crippen MR) is 103 cm³/mol. The van der Waals surface area contributed by atoms with Crippen LogP contribution in [0, 0.1) is 5.92 Å². The fraction of sp³-hybridized carbons (Fsp3) is 0.647. The molecule has 0 aliphatic carbocycles. The largest absolute Gasteiger partial charge is 0.494 e. The molecule has 0 radical (unpaired) electrons. The smallest absolute Gasteiger partial charge is 0.341 e. The van der Waals surface area contributed by atoms with Gasteiger partial charge in [-0.2, -0.15) is 0 Å². The van der Waals surface area contributed by atoms with Crippen LogP contribution < -0.4 is 9.47 Å². The highest BCUT2D eigenvalue weighted by Crippen LogP contribution is 2.38. The molecule has 2 rings (SSSR count). The molecule has 1 aromatic carbocycles. The van der Waals surface area contributed by atoms with E-state index in [2.05, 4.69) is 13.8 Å². The van der Waals surface area contributed by atoms with Gasteiger partial charge in [0.05, 0.1) is 13.2 Å². The minimum atomic E-state index is -2.56. The van der Waals surface area contributed by atoms with Crippen molar-refractivity contribution in [3.63, 3.8) is 0 Å². The molecule has 1 aliphatic heterocycles. The first-order chi connectivity index (χ1) is 11.2. The minimum Gasteiger partial charge on any atom is -0.494 e. The van der Waals surface area contributed by atoms with Gasteiger partial charge in [0, 0.05) is 18.4 Å². The maximum atomic E-state index is 6.13. The molecule has 0 saturated heterocycles. The lowest BCUT2D eigenvalue weighted by atomic mass is 9.95. The summed E-state index contributed by atoms with van der Waals surface area (Å²) in [7, 11) is 0. The standard InChI is InChI=1S/C17H25Cl3O3Si/c1-4-6-13(2)17(3)22-12-14-11-15(7-8-16(14)23-17)21-9-5-10-24(18,19)20/h7-8,11,13H,4-6,9-10,12H2,1-3H3. The third-order valence-electron chi connectivity index (χ3n) is 4.35. The van der Waals surface area contributed by atoms with Gasteiger partial charge in [-0.15, -0.1) is 33.2 Å². The van der Waals surface area contributed by atoms with Crippen molar-refractivity contribution >= 4 is 39.2 Å². The van der Waals surface area contributed by atoms with E-state index in [1.807, 2.05) is 25.1 Å². The highest BCUT2D eigenvalue weighted by atomic mass is 35.8. The molecule has 1 heterocycles. The van der Waals surface area contributed by atoms with Crippen LogP contribution in [0.4, 0.5) is 0 Å². The lowest BCUT2D eigenvalue weighted by Crippen LogP contribution is -2.44. The topological polar surface area (TPSA) is 27.7 Å². The molecule has 0 N–H and O–H groups in total. The summed E-state index contributed by atoms with van der Waals surface area (Å²) in [6.45, 7) is 7.41. The van der Waals surface area contributed by atoms with E-state index in [-0.39, 0.29) is 0 Å². The van der Waals surface area contributed by atoms with Gasteiger partial charge in [0.1, 0.15) is 11.5 Å². The summed E-state index contributed by atoms with van der Waals surface area (Å²) in [6.07, 6.45) is 2.92. The van der Waals surface area contributed by atoms with E-state index < -0.39 is 11.8 Å². The van der Waals surface area contributed by atoms with Crippen LogP contribution in [0.15, 0.2) is 18.2 Å². The average molecular weight is 412 g/mol. The second kappa shape index (κ2) is 8.50. The van der Waals surface area contributed by atoms with E-state index >= 15 is 0 Å². The van der Waals surface area contributed by atoms with E-state index in [9.17, 15) is 0 Å². The Morgan fingerprint density at radius 3 is 2.75 bits per heavy atom. The van der Waals surface area contributed by atoms with Gasteiger partial charge in [-0.3, -0.25) is 0 Å². The predicted octanol–water partition coefficient (Wildman–Crippen LogP) is 6.17. The summed E-state index contributed by atoms with van der Waals surface area (Å²) in [5.41, 5.74) is 1.00. The van der Waals surface area contributed by atoms with Crippen molar-refractivity contribution in [3.8, 4) is 11.5 Å². The van der Waals surface area contributed by atoms with Gasteiger partial charge >= 0.3 is 6.00 Å². The maximum absolute atomic E-state index is 6.13. The van der Waals surface area contributed by atoms with Crippen molar-refractivity contribution in [2.75, 3.05) is 6.61 Å². The van der Waals surface area contributed by atoms with Crippen LogP contribution in [0.2, 0.25) is 6.04 Å². The monoisotopic (exact) mass is 410 g/mol. The Morgan fingerprint density at radius 1 is 1.33 bits per heavy atom. The lowest BCUT2D eigenvalue weighted by molar-refractivity contribution is -0.223. The second-order valence-corrected chi connectivity index (χ2v) is 15.7. The van der Waals surface area contributed by atoms with Crippen LogP contribution in [0.3, 0.4) is 0 Å². The number of ether oxygens (including phenoxy) is 3. The highest BCUT2D eigenvalue weighted by molar-refractivity contribution is 7.64. The van der Waals surface area contributed by atoms with Gasteiger partial charge in [-0.25, -0.2) is 0 Å². The van der Waals surface area contributed by atoms with Crippen LogP contribution in [0.1, 0.15) is 45.6 Å². The quantitative estimate of drug-likeness (QED) is 0.291. The summed E-state index contributed by atoms with van der Waals surface area (Å²) in [5, 5.41) is 0. The van der Waals surface area contributed by atoms with Crippen molar-refractivity contribution in [3.05, 3.63) is 23.8 Å². The van der Waals surface area contributed by atoms with E-state index in [1.165, 1.54) is 0 Å². The number of hydrogen-bond donors (Lipinski definition) is 0. The van der Waals surface area contributed by atoms with Crippen molar-refractivity contribution in [1.29, 1.82) is 0 Å². The molecule has 0 spiro atoms. The number of benzene rings is 1. The molecule has 1 aromatic rings. The molecule has 136 valence electrons. The van der Waals surface area contributed by atoms with E-state index in [0.29, 0.717) is 25.2 Å². The lowest BCUT2D eigenvalue weighted by Gasteiger charge is -2.40. The Labute approximate surface area is 159 Å². The van der Waals surface area contributed by atoms with E-state index in [4.69, 9.17) is 47.4 Å². The Bertz CT molecular complexity index is 550. The molecule has 2 atom stereocenters. The summed E-state index contributed by atoms with van der Waals surface area (Å²) in [4.78, 5) is 0. The number of hydrogen-bond acceptors (Lipinski definition) is 3. The molecule has 1 aliphatic rings. The third kappa shape index (κ3) is 5.70. The molecule has 0 fully saturated rings. The molecule has 0 amide bonds. The van der Waals surface area contributed by atoms with Crippen LogP contribution >= 0.6 is 33.2 Å². The van der Waals surface area contributed by atoms with Gasteiger partial charge in [0.25, 0.3) is 0 Å². The zero-order valence-electron chi connectivity index (χ0n) is 14.4. The second-order valence-electron chi connectivity index (χ2n) is 6.43. The molecule has 0 aromatic heterocycles. The Balaban J connectivity index is 1.93. The summed E-state index contributed by atoms with van der Waals surface area (Å²) >= 11 is 17.6. The summed E-state index contributed by atoms with van der Waals surface area (Å²) in [5.74, 6) is 1.42. The molecule has 0 saturated carbocycles. The first-order valence-electron chi connectivity index (χ1n) is 8.39. The fourth-order valence-electron chi connectivity index (χ4n) is 2.73. The SMILES string of the molecule is CCCC(C)C1(C)OCc2cc(OCCC[Si](Cl)(Cl)Cl)ccc2O1. The van der Waals surface area contributed by atoms with Crippen molar-refractivity contribution in [2.45, 2.75) is 58.5 Å². The number of halogens is 3. The fourth-order valence-corrected chi connectivity index (χ4v) is 4.48. The Kier molecular flexibility index (Phi) is 7.15. The molecule has 0 bridgehead atoms. The molecular formula is C17H25Cl3O3Si. The average Bonchev–Trinajstić information content (AvgIpc) is 2.51. The first kappa shape index (κ1) is 20.2. The highest BCUT2D eigenvalue weighted by Gasteiger charge is 2.37. The zero-order chi connectivity index (χ0) is 17.8. The van der Waals surface area contributed by atoms with Crippen LogP contribution in [0.25, 0.3) is 0 Å². The van der Waals surface area contributed by atoms with Crippen LogP contribution in [0.5, 0.6) is 11.5 Å². The van der Waals surface area contributed by atoms with E-state index in [0.717, 1.165) is 36.3 Å². The van der Waals surface area contributed by atoms with Gasteiger partial charge in [-0.05, 0) is 37.1 Å². The van der Waals surface area contributed by atoms with Gasteiger partial charge in [-0.1, -0.05) is 20.3 Å². The molecular weight excluding hydrogens is 387 g/mol. The van der Waals surface area contributed by atoms with E-state index in [1.54, 1.807) is 0 Å². The van der Waals surface area contributed by atoms with Crippen LogP contribution in [-0.4, -0.2) is 18.4 Å². The molecule has 3 nitrogen and oxygen atoms in total.